The molecule has 18 heavy (non-hydrogen) atoms. The van der Waals surface area contributed by atoms with Crippen LogP contribution < -0.4 is 5.32 Å². The number of hydrogen-bond acceptors (Lipinski definition) is 2. The lowest BCUT2D eigenvalue weighted by Crippen LogP contribution is -2.41. The minimum atomic E-state index is 0.776. The molecule has 1 saturated heterocycles. The number of rotatable bonds is 6. The minimum Gasteiger partial charge on any atom is -0.313 e. The maximum Gasteiger partial charge on any atom is 0.0195 e. The Labute approximate surface area is 114 Å². The number of nitrogens with one attached hydrogen (secondary N) is 1. The van der Waals surface area contributed by atoms with Crippen molar-refractivity contribution in [2.24, 2.45) is 11.8 Å². The average molecular weight is 252 g/mol. The topological polar surface area (TPSA) is 15.3 Å². The first kappa shape index (κ1) is 14.3. The van der Waals surface area contributed by atoms with Gasteiger partial charge in [0.1, 0.15) is 0 Å². The number of hydrogen-bond donors (Lipinski definition) is 1. The van der Waals surface area contributed by atoms with E-state index in [4.69, 9.17) is 0 Å². The molecule has 2 nitrogen and oxygen atoms in total. The van der Waals surface area contributed by atoms with Crippen LogP contribution in [0.25, 0.3) is 0 Å². The fraction of sp³-hybridized carbons (Fsp3) is 1.00. The summed E-state index contributed by atoms with van der Waals surface area (Å²) >= 11 is 0. The maximum atomic E-state index is 3.65. The summed E-state index contributed by atoms with van der Waals surface area (Å²) < 4.78 is 0. The van der Waals surface area contributed by atoms with Crippen molar-refractivity contribution in [3.8, 4) is 0 Å². The molecule has 0 spiro atoms. The molecular formula is C16H32N2. The molecule has 0 bridgehead atoms. The summed E-state index contributed by atoms with van der Waals surface area (Å²) in [4.78, 5) is 2.74. The van der Waals surface area contributed by atoms with E-state index in [1.54, 1.807) is 0 Å². The van der Waals surface area contributed by atoms with Gasteiger partial charge in [0.05, 0.1) is 0 Å². The Morgan fingerprint density at radius 1 is 1.11 bits per heavy atom. The van der Waals surface area contributed by atoms with E-state index in [2.05, 4.69) is 24.1 Å². The van der Waals surface area contributed by atoms with E-state index >= 15 is 0 Å². The Morgan fingerprint density at radius 2 is 2.00 bits per heavy atom. The molecule has 0 radical (unpaired) electrons. The predicted molar refractivity (Wildman–Crippen MR) is 78.9 cm³/mol. The van der Waals surface area contributed by atoms with Crippen molar-refractivity contribution in [3.05, 3.63) is 0 Å². The van der Waals surface area contributed by atoms with E-state index in [9.17, 15) is 0 Å². The van der Waals surface area contributed by atoms with E-state index in [0.29, 0.717) is 0 Å². The van der Waals surface area contributed by atoms with Gasteiger partial charge in [-0.25, -0.2) is 0 Å². The van der Waals surface area contributed by atoms with Crippen LogP contribution in [0.4, 0.5) is 0 Å². The van der Waals surface area contributed by atoms with Crippen LogP contribution in [0, 0.1) is 11.8 Å². The van der Waals surface area contributed by atoms with Crippen LogP contribution in [0.1, 0.15) is 58.8 Å². The first-order chi connectivity index (χ1) is 8.78. The summed E-state index contributed by atoms with van der Waals surface area (Å²) in [5, 5.41) is 3.65. The van der Waals surface area contributed by atoms with Gasteiger partial charge in [0, 0.05) is 19.1 Å². The molecule has 3 unspecified atom stereocenters. The van der Waals surface area contributed by atoms with Crippen LogP contribution in [-0.2, 0) is 0 Å². The third-order valence-corrected chi connectivity index (χ3v) is 4.74. The van der Waals surface area contributed by atoms with E-state index in [1.165, 1.54) is 71.1 Å². The third-order valence-electron chi connectivity index (χ3n) is 4.74. The molecule has 2 rings (SSSR count). The summed E-state index contributed by atoms with van der Waals surface area (Å²) in [7, 11) is 0. The van der Waals surface area contributed by atoms with Crippen LogP contribution in [0.3, 0.4) is 0 Å². The Morgan fingerprint density at radius 3 is 2.67 bits per heavy atom. The van der Waals surface area contributed by atoms with E-state index in [-0.39, 0.29) is 0 Å². The summed E-state index contributed by atoms with van der Waals surface area (Å²) in [6.07, 6.45) is 9.95. The predicted octanol–water partition coefficient (Wildman–Crippen LogP) is 3.28. The summed E-state index contributed by atoms with van der Waals surface area (Å²) in [5.41, 5.74) is 0. The van der Waals surface area contributed by atoms with Crippen molar-refractivity contribution in [2.45, 2.75) is 64.8 Å². The third kappa shape index (κ3) is 4.55. The highest BCUT2D eigenvalue weighted by atomic mass is 15.2. The SMILES string of the molecule is CCCN(CC1CCCC(C)C1)CC1CCCN1. The first-order valence-corrected chi connectivity index (χ1v) is 8.23. The van der Waals surface area contributed by atoms with E-state index in [0.717, 1.165) is 17.9 Å². The van der Waals surface area contributed by atoms with E-state index < -0.39 is 0 Å². The zero-order chi connectivity index (χ0) is 12.8. The Hall–Kier alpha value is -0.0800. The van der Waals surface area contributed by atoms with Gasteiger partial charge in [-0.15, -0.1) is 0 Å². The molecule has 106 valence electrons. The molecule has 0 aromatic rings. The van der Waals surface area contributed by atoms with Crippen molar-refractivity contribution in [2.75, 3.05) is 26.2 Å². The quantitative estimate of drug-likeness (QED) is 0.780. The van der Waals surface area contributed by atoms with Gasteiger partial charge in [0.2, 0.25) is 0 Å². The Balaban J connectivity index is 1.76. The van der Waals surface area contributed by atoms with Crippen LogP contribution in [-0.4, -0.2) is 37.1 Å². The smallest absolute Gasteiger partial charge is 0.0195 e. The van der Waals surface area contributed by atoms with Gasteiger partial charge in [0.15, 0.2) is 0 Å². The highest BCUT2D eigenvalue weighted by molar-refractivity contribution is 4.80. The fourth-order valence-corrected chi connectivity index (χ4v) is 3.89. The summed E-state index contributed by atoms with van der Waals surface area (Å²) in [5.74, 6) is 1.94. The average Bonchev–Trinajstić information content (AvgIpc) is 2.82. The van der Waals surface area contributed by atoms with Gasteiger partial charge in [0.25, 0.3) is 0 Å². The molecule has 1 N–H and O–H groups in total. The molecule has 0 aromatic heterocycles. The highest BCUT2D eigenvalue weighted by Crippen LogP contribution is 2.29. The minimum absolute atomic E-state index is 0.776. The molecule has 0 aromatic carbocycles. The largest absolute Gasteiger partial charge is 0.313 e. The zero-order valence-electron chi connectivity index (χ0n) is 12.5. The van der Waals surface area contributed by atoms with E-state index in [1.807, 2.05) is 0 Å². The molecular weight excluding hydrogens is 220 g/mol. The molecule has 1 aliphatic heterocycles. The second-order valence-corrected chi connectivity index (χ2v) is 6.69. The van der Waals surface area contributed by atoms with Crippen LogP contribution in [0.5, 0.6) is 0 Å². The van der Waals surface area contributed by atoms with Crippen molar-refractivity contribution in [3.63, 3.8) is 0 Å². The van der Waals surface area contributed by atoms with Crippen molar-refractivity contribution >= 4 is 0 Å². The van der Waals surface area contributed by atoms with Crippen LogP contribution >= 0.6 is 0 Å². The Bertz CT molecular complexity index is 223. The van der Waals surface area contributed by atoms with Gasteiger partial charge in [-0.2, -0.15) is 0 Å². The van der Waals surface area contributed by atoms with Gasteiger partial charge in [-0.1, -0.05) is 26.7 Å². The van der Waals surface area contributed by atoms with Crippen molar-refractivity contribution < 1.29 is 0 Å². The van der Waals surface area contributed by atoms with Crippen LogP contribution in [0.2, 0.25) is 0 Å². The molecule has 2 fully saturated rings. The number of nitrogens with zero attached hydrogens (tertiary/aromatic N) is 1. The maximum absolute atomic E-state index is 3.65. The first-order valence-electron chi connectivity index (χ1n) is 8.23. The lowest BCUT2D eigenvalue weighted by atomic mass is 9.82. The molecule has 1 aliphatic carbocycles. The van der Waals surface area contributed by atoms with Crippen molar-refractivity contribution in [1.82, 2.24) is 10.2 Å². The van der Waals surface area contributed by atoms with Gasteiger partial charge in [-0.3, -0.25) is 0 Å². The molecule has 0 amide bonds. The fourth-order valence-electron chi connectivity index (χ4n) is 3.89. The van der Waals surface area contributed by atoms with Gasteiger partial charge < -0.3 is 10.2 Å². The van der Waals surface area contributed by atoms with Gasteiger partial charge in [-0.05, 0) is 57.0 Å². The molecule has 3 atom stereocenters. The van der Waals surface area contributed by atoms with Crippen molar-refractivity contribution in [1.29, 1.82) is 0 Å². The van der Waals surface area contributed by atoms with Crippen LogP contribution in [0.15, 0.2) is 0 Å². The standard InChI is InChI=1S/C16H32N2/c1-3-10-18(13-16-8-5-9-17-16)12-15-7-4-6-14(2)11-15/h14-17H,3-13H2,1-2H3. The summed E-state index contributed by atoms with van der Waals surface area (Å²) in [6, 6.07) is 0.776. The lowest BCUT2D eigenvalue weighted by molar-refractivity contribution is 0.169. The molecule has 1 heterocycles. The zero-order valence-corrected chi connectivity index (χ0v) is 12.5. The normalized spacial score (nSPS) is 33.2. The van der Waals surface area contributed by atoms with Gasteiger partial charge >= 0.3 is 0 Å². The Kier molecular flexibility index (Phi) is 5.97. The summed E-state index contributed by atoms with van der Waals surface area (Å²) in [6.45, 7) is 9.94. The highest BCUT2D eigenvalue weighted by Gasteiger charge is 2.23. The molecule has 2 aliphatic rings. The second-order valence-electron chi connectivity index (χ2n) is 6.69. The lowest BCUT2D eigenvalue weighted by Gasteiger charge is -2.33. The monoisotopic (exact) mass is 252 g/mol. The second kappa shape index (κ2) is 7.49. The molecule has 2 heteroatoms. The molecule has 1 saturated carbocycles.